The number of nitrogens with one attached hydrogen (secondary N) is 1. The van der Waals surface area contributed by atoms with Crippen molar-refractivity contribution in [3.63, 3.8) is 0 Å². The fourth-order valence-corrected chi connectivity index (χ4v) is 5.96. The molecule has 2 heterocycles. The summed E-state index contributed by atoms with van der Waals surface area (Å²) in [6.45, 7) is 18.4. The van der Waals surface area contributed by atoms with Gasteiger partial charge in [0.05, 0.1) is 16.4 Å². The molecule has 8 nitrogen and oxygen atoms in total. The summed E-state index contributed by atoms with van der Waals surface area (Å²) >= 11 is 0. The predicted molar refractivity (Wildman–Crippen MR) is 172 cm³/mol. The van der Waals surface area contributed by atoms with Crippen LogP contribution in [0.2, 0.25) is 0 Å². The number of benzene rings is 2. The molecule has 0 radical (unpaired) electrons. The van der Waals surface area contributed by atoms with Gasteiger partial charge in [-0.3, -0.25) is 9.59 Å². The van der Waals surface area contributed by atoms with Gasteiger partial charge in [0.25, 0.3) is 0 Å². The zero-order chi connectivity index (χ0) is 30.4. The van der Waals surface area contributed by atoms with Crippen LogP contribution >= 0.6 is 0 Å². The van der Waals surface area contributed by atoms with Crippen molar-refractivity contribution >= 4 is 34.5 Å². The Morgan fingerprint density at radius 3 is 2.19 bits per heavy atom. The van der Waals surface area contributed by atoms with Crippen molar-refractivity contribution in [1.82, 2.24) is 19.4 Å². The minimum Gasteiger partial charge on any atom is -0.366 e. The summed E-state index contributed by atoms with van der Waals surface area (Å²) in [4.78, 5) is 35.1. The number of rotatable bonds is 13. The number of aromatic nitrogens is 2. The second-order valence-electron chi connectivity index (χ2n) is 13.2. The largest absolute Gasteiger partial charge is 0.366 e. The number of fused-ring (bicyclic) bond motifs is 1. The molecule has 8 heteroatoms. The van der Waals surface area contributed by atoms with Crippen LogP contribution in [0.5, 0.6) is 0 Å². The van der Waals surface area contributed by atoms with Crippen LogP contribution in [0.1, 0.15) is 83.1 Å². The van der Waals surface area contributed by atoms with E-state index in [0.717, 1.165) is 60.8 Å². The second-order valence-corrected chi connectivity index (χ2v) is 13.2. The number of anilines is 2. The average molecular weight is 575 g/mol. The maximum Gasteiger partial charge on any atom is 0.248 e. The SMILES string of the molecule is CC(C)CN(CC(C)C)C(=O)C(C)(C)c1ccc2nc(Nc3ccc(C(N)=O)cc3)n(CCCN3CCCCC3)c2c1. The molecule has 0 atom stereocenters. The number of hydrogen-bond acceptors (Lipinski definition) is 5. The van der Waals surface area contributed by atoms with E-state index >= 15 is 0 Å². The molecular formula is C34H50N6O2. The summed E-state index contributed by atoms with van der Waals surface area (Å²) in [6.07, 6.45) is 4.89. The summed E-state index contributed by atoms with van der Waals surface area (Å²) in [6, 6.07) is 13.4. The molecule has 3 aromatic rings. The van der Waals surface area contributed by atoms with E-state index in [4.69, 9.17) is 10.7 Å². The lowest BCUT2D eigenvalue weighted by Crippen LogP contribution is -2.46. The molecule has 0 saturated carbocycles. The lowest BCUT2D eigenvalue weighted by Gasteiger charge is -2.34. The predicted octanol–water partition coefficient (Wildman–Crippen LogP) is 6.17. The van der Waals surface area contributed by atoms with Gasteiger partial charge < -0.3 is 25.4 Å². The van der Waals surface area contributed by atoms with E-state index in [1.165, 1.54) is 32.4 Å². The van der Waals surface area contributed by atoms with Gasteiger partial charge in [-0.2, -0.15) is 0 Å². The van der Waals surface area contributed by atoms with Crippen molar-refractivity contribution in [2.75, 3.05) is 38.0 Å². The van der Waals surface area contributed by atoms with E-state index < -0.39 is 11.3 Å². The minimum absolute atomic E-state index is 0.160. The first-order valence-corrected chi connectivity index (χ1v) is 15.6. The van der Waals surface area contributed by atoms with E-state index in [1.807, 2.05) is 36.9 Å². The third-order valence-corrected chi connectivity index (χ3v) is 8.19. The fourth-order valence-electron chi connectivity index (χ4n) is 5.96. The number of likely N-dealkylation sites (tertiary alicyclic amines) is 1. The molecule has 2 aromatic carbocycles. The van der Waals surface area contributed by atoms with Gasteiger partial charge in [-0.25, -0.2) is 4.98 Å². The Morgan fingerprint density at radius 2 is 1.60 bits per heavy atom. The van der Waals surface area contributed by atoms with Crippen LogP contribution in [0.4, 0.5) is 11.6 Å². The molecule has 42 heavy (non-hydrogen) atoms. The van der Waals surface area contributed by atoms with E-state index in [-0.39, 0.29) is 5.91 Å². The number of imidazole rings is 1. The molecule has 1 aliphatic rings. The number of aryl methyl sites for hydroxylation is 1. The maximum atomic E-state index is 14.0. The van der Waals surface area contributed by atoms with E-state index in [2.05, 4.69) is 54.6 Å². The molecule has 0 unspecified atom stereocenters. The Hall–Kier alpha value is -3.39. The van der Waals surface area contributed by atoms with Gasteiger partial charge in [-0.05, 0) is 107 Å². The summed E-state index contributed by atoms with van der Waals surface area (Å²) in [7, 11) is 0. The van der Waals surface area contributed by atoms with Gasteiger partial charge in [0.2, 0.25) is 17.8 Å². The van der Waals surface area contributed by atoms with Gasteiger partial charge in [0.1, 0.15) is 0 Å². The number of nitrogens with zero attached hydrogens (tertiary/aromatic N) is 4. The number of carbonyl (C=O) groups is 2. The highest BCUT2D eigenvalue weighted by Gasteiger charge is 2.35. The minimum atomic E-state index is -0.681. The Balaban J connectivity index is 1.66. The van der Waals surface area contributed by atoms with Gasteiger partial charge in [-0.1, -0.05) is 40.2 Å². The molecule has 1 saturated heterocycles. The van der Waals surface area contributed by atoms with Crippen LogP contribution in [-0.2, 0) is 16.8 Å². The monoisotopic (exact) mass is 574 g/mol. The molecule has 228 valence electrons. The highest BCUT2D eigenvalue weighted by atomic mass is 16.2. The summed E-state index contributed by atoms with van der Waals surface area (Å²) < 4.78 is 2.24. The topological polar surface area (TPSA) is 96.5 Å². The number of carbonyl (C=O) groups excluding carboxylic acids is 2. The third-order valence-electron chi connectivity index (χ3n) is 8.19. The summed E-state index contributed by atoms with van der Waals surface area (Å²) in [5, 5.41) is 3.47. The number of amides is 2. The van der Waals surface area contributed by atoms with Crippen LogP contribution in [0.25, 0.3) is 11.0 Å². The van der Waals surface area contributed by atoms with Crippen LogP contribution in [0.3, 0.4) is 0 Å². The van der Waals surface area contributed by atoms with Gasteiger partial charge in [0, 0.05) is 30.9 Å². The zero-order valence-electron chi connectivity index (χ0n) is 26.4. The van der Waals surface area contributed by atoms with E-state index in [1.54, 1.807) is 12.1 Å². The molecule has 1 aliphatic heterocycles. The van der Waals surface area contributed by atoms with Crippen LogP contribution in [0.15, 0.2) is 42.5 Å². The number of nitrogens with two attached hydrogens (primary N) is 1. The van der Waals surface area contributed by atoms with Crippen molar-refractivity contribution in [1.29, 1.82) is 0 Å². The molecule has 0 spiro atoms. The Bertz CT molecular complexity index is 1340. The molecule has 0 aliphatic carbocycles. The van der Waals surface area contributed by atoms with Crippen molar-refractivity contribution < 1.29 is 9.59 Å². The lowest BCUT2D eigenvalue weighted by atomic mass is 9.82. The van der Waals surface area contributed by atoms with Gasteiger partial charge in [0.15, 0.2) is 0 Å². The van der Waals surface area contributed by atoms with E-state index in [0.29, 0.717) is 17.4 Å². The molecule has 2 amide bonds. The van der Waals surface area contributed by atoms with Crippen molar-refractivity contribution in [3.05, 3.63) is 53.6 Å². The smallest absolute Gasteiger partial charge is 0.248 e. The van der Waals surface area contributed by atoms with Gasteiger partial charge in [-0.15, -0.1) is 0 Å². The summed E-state index contributed by atoms with van der Waals surface area (Å²) in [5.41, 5.74) is 8.95. The standard InChI is InChI=1S/C34H50N6O2/c1-24(2)22-39(23-25(3)4)32(42)34(5,6)27-13-16-29-30(21-27)40(20-10-19-38-17-8-7-9-18-38)33(37-29)36-28-14-11-26(12-15-28)31(35)41/h11-16,21,24-25H,7-10,17-20,22-23H2,1-6H3,(H2,35,41)(H,36,37). The second kappa shape index (κ2) is 13.7. The number of primary amides is 1. The van der Waals surface area contributed by atoms with Crippen molar-refractivity contribution in [3.8, 4) is 0 Å². The van der Waals surface area contributed by atoms with Crippen molar-refractivity contribution in [2.45, 2.75) is 79.2 Å². The fraction of sp³-hybridized carbons (Fsp3) is 0.559. The molecule has 3 N–H and O–H groups in total. The van der Waals surface area contributed by atoms with E-state index in [9.17, 15) is 9.59 Å². The van der Waals surface area contributed by atoms with Crippen molar-refractivity contribution in [2.24, 2.45) is 17.6 Å². The molecule has 0 bridgehead atoms. The molecule has 1 fully saturated rings. The highest BCUT2D eigenvalue weighted by molar-refractivity contribution is 5.93. The molecule has 4 rings (SSSR count). The normalized spacial score (nSPS) is 14.6. The van der Waals surface area contributed by atoms with Gasteiger partial charge >= 0.3 is 0 Å². The molecule has 1 aromatic heterocycles. The lowest BCUT2D eigenvalue weighted by molar-refractivity contribution is -0.137. The maximum absolute atomic E-state index is 14.0. The first-order valence-electron chi connectivity index (χ1n) is 15.6. The average Bonchev–Trinajstić information content (AvgIpc) is 3.28. The van der Waals surface area contributed by atoms with Crippen LogP contribution in [0, 0.1) is 11.8 Å². The van der Waals surface area contributed by atoms with Crippen LogP contribution in [-0.4, -0.2) is 63.9 Å². The zero-order valence-corrected chi connectivity index (χ0v) is 26.4. The highest BCUT2D eigenvalue weighted by Crippen LogP contribution is 2.32. The first-order chi connectivity index (χ1) is 20.0. The summed E-state index contributed by atoms with van der Waals surface area (Å²) in [5.74, 6) is 1.26. The Morgan fingerprint density at radius 1 is 0.952 bits per heavy atom. The quantitative estimate of drug-likeness (QED) is 0.254. The Kier molecular flexibility index (Phi) is 10.3. The first kappa shape index (κ1) is 31.5. The third kappa shape index (κ3) is 7.71. The molecular weight excluding hydrogens is 524 g/mol. The number of piperidine rings is 1. The Labute approximate surface area is 251 Å². The van der Waals surface area contributed by atoms with Crippen LogP contribution < -0.4 is 11.1 Å². The number of hydrogen-bond donors (Lipinski definition) is 2.